The van der Waals surface area contributed by atoms with Crippen LogP contribution in [0.15, 0.2) is 24.3 Å². The molecule has 1 aromatic rings. The second-order valence-corrected chi connectivity index (χ2v) is 12.5. The molecule has 21 heavy (non-hydrogen) atoms. The lowest BCUT2D eigenvalue weighted by atomic mass is 10.1. The molecule has 1 aromatic carbocycles. The van der Waals surface area contributed by atoms with Crippen LogP contribution < -0.4 is 0 Å². The second-order valence-electron chi connectivity index (χ2n) is 6.49. The van der Waals surface area contributed by atoms with Crippen LogP contribution in [-0.2, 0) is 0 Å². The van der Waals surface area contributed by atoms with Crippen LogP contribution in [0.3, 0.4) is 0 Å². The van der Waals surface area contributed by atoms with Crippen LogP contribution in [0.2, 0.25) is 21.6 Å². The lowest BCUT2D eigenvalue weighted by molar-refractivity contribution is 0.105. The van der Waals surface area contributed by atoms with E-state index >= 15 is 0 Å². The van der Waals surface area contributed by atoms with Gasteiger partial charge in [0.2, 0.25) is 5.78 Å². The molecule has 0 fully saturated rings. The van der Waals surface area contributed by atoms with Gasteiger partial charge in [-0.15, -0.1) is 5.54 Å². The van der Waals surface area contributed by atoms with E-state index < -0.39 is 8.07 Å². The Kier molecular flexibility index (Phi) is 6.25. The smallest absolute Gasteiger partial charge is 0.235 e. The van der Waals surface area contributed by atoms with Gasteiger partial charge in [-0.2, -0.15) is 0 Å². The molecule has 0 aromatic heterocycles. The number of carbonyl (C=O) groups excluding carboxylic acids is 1. The van der Waals surface area contributed by atoms with Crippen molar-refractivity contribution in [3.05, 3.63) is 34.9 Å². The number of hydrogen-bond donors (Lipinski definition) is 0. The quantitative estimate of drug-likeness (QED) is 0.392. The summed E-state index contributed by atoms with van der Waals surface area (Å²) in [6.07, 6.45) is 0. The summed E-state index contributed by atoms with van der Waals surface area (Å²) in [7, 11) is -1.85. The standard InChI is InChI=1S/C18H25ClOSi/c1-13(2)21(14(3)4,15(5)6)11-10-18(20)16-8-7-9-17(19)12-16/h7-9,12-15H,1-6H3. The summed E-state index contributed by atoms with van der Waals surface area (Å²) in [5.74, 6) is 2.80. The first kappa shape index (κ1) is 18.0. The molecule has 1 nitrogen and oxygen atoms in total. The highest BCUT2D eigenvalue weighted by atomic mass is 35.5. The van der Waals surface area contributed by atoms with E-state index in [1.165, 1.54) is 0 Å². The van der Waals surface area contributed by atoms with Crippen LogP contribution in [0, 0.1) is 11.5 Å². The van der Waals surface area contributed by atoms with E-state index in [2.05, 4.69) is 53.0 Å². The van der Waals surface area contributed by atoms with Gasteiger partial charge in [0.05, 0.1) is 0 Å². The summed E-state index contributed by atoms with van der Waals surface area (Å²) in [5, 5.41) is 0.572. The third-order valence-electron chi connectivity index (χ3n) is 4.35. The average Bonchev–Trinajstić information content (AvgIpc) is 2.37. The van der Waals surface area contributed by atoms with E-state index in [0.29, 0.717) is 27.2 Å². The first-order valence-corrected chi connectivity index (χ1v) is 10.2. The molecule has 0 bridgehead atoms. The van der Waals surface area contributed by atoms with Crippen LogP contribution in [0.25, 0.3) is 0 Å². The Morgan fingerprint density at radius 2 is 1.57 bits per heavy atom. The van der Waals surface area contributed by atoms with Crippen LogP contribution in [-0.4, -0.2) is 13.9 Å². The first-order chi connectivity index (χ1) is 9.71. The van der Waals surface area contributed by atoms with Gasteiger partial charge < -0.3 is 0 Å². The van der Waals surface area contributed by atoms with E-state index in [9.17, 15) is 4.79 Å². The molecular formula is C18H25ClOSi. The fourth-order valence-electron chi connectivity index (χ4n) is 3.30. The monoisotopic (exact) mass is 320 g/mol. The van der Waals surface area contributed by atoms with Crippen LogP contribution in [0.4, 0.5) is 0 Å². The van der Waals surface area contributed by atoms with E-state index in [1.807, 2.05) is 0 Å². The van der Waals surface area contributed by atoms with Gasteiger partial charge in [-0.05, 0) is 34.7 Å². The van der Waals surface area contributed by atoms with Gasteiger partial charge in [-0.25, -0.2) is 0 Å². The van der Waals surface area contributed by atoms with Gasteiger partial charge in [-0.3, -0.25) is 4.79 Å². The highest BCUT2D eigenvalue weighted by Crippen LogP contribution is 2.40. The van der Waals surface area contributed by atoms with Gasteiger partial charge in [0.1, 0.15) is 8.07 Å². The Morgan fingerprint density at radius 3 is 2.00 bits per heavy atom. The summed E-state index contributed by atoms with van der Waals surface area (Å²) in [4.78, 5) is 12.3. The van der Waals surface area contributed by atoms with E-state index in [0.717, 1.165) is 0 Å². The Balaban J connectivity index is 3.19. The van der Waals surface area contributed by atoms with E-state index in [1.54, 1.807) is 24.3 Å². The molecular weight excluding hydrogens is 296 g/mol. The Hall–Kier alpha value is -1.04. The van der Waals surface area contributed by atoms with Crippen LogP contribution >= 0.6 is 11.6 Å². The molecule has 0 radical (unpaired) electrons. The topological polar surface area (TPSA) is 17.1 Å². The van der Waals surface area contributed by atoms with Crippen molar-refractivity contribution in [1.82, 2.24) is 0 Å². The number of rotatable bonds is 4. The fraction of sp³-hybridized carbons (Fsp3) is 0.500. The minimum absolute atomic E-state index is 0.128. The molecule has 1 rings (SSSR count). The average molecular weight is 321 g/mol. The molecule has 0 N–H and O–H groups in total. The predicted molar refractivity (Wildman–Crippen MR) is 94.6 cm³/mol. The van der Waals surface area contributed by atoms with Gasteiger partial charge in [0.15, 0.2) is 0 Å². The largest absolute Gasteiger partial charge is 0.279 e. The minimum Gasteiger partial charge on any atom is -0.279 e. The molecule has 0 atom stereocenters. The number of ketones is 1. The third-order valence-corrected chi connectivity index (χ3v) is 10.9. The highest BCUT2D eigenvalue weighted by Gasteiger charge is 2.41. The van der Waals surface area contributed by atoms with Gasteiger partial charge in [0.25, 0.3) is 0 Å². The zero-order valence-corrected chi connectivity index (χ0v) is 15.6. The molecule has 0 saturated heterocycles. The summed E-state index contributed by atoms with van der Waals surface area (Å²) in [6.45, 7) is 13.4. The van der Waals surface area contributed by atoms with Crippen LogP contribution in [0.1, 0.15) is 51.9 Å². The van der Waals surface area contributed by atoms with Crippen molar-refractivity contribution in [3.8, 4) is 11.5 Å². The summed E-state index contributed by atoms with van der Waals surface area (Å²) in [5.41, 5.74) is 5.60. The highest BCUT2D eigenvalue weighted by molar-refractivity contribution is 6.90. The number of Topliss-reactive ketones (excluding diaryl/α,β-unsaturated/α-hetero) is 1. The molecule has 114 valence electrons. The summed E-state index contributed by atoms with van der Waals surface area (Å²) >= 11 is 5.94. The zero-order valence-electron chi connectivity index (χ0n) is 13.8. The molecule has 0 aliphatic rings. The van der Waals surface area contributed by atoms with E-state index in [-0.39, 0.29) is 5.78 Å². The Morgan fingerprint density at radius 1 is 1.05 bits per heavy atom. The van der Waals surface area contributed by atoms with Crippen molar-refractivity contribution in [3.63, 3.8) is 0 Å². The SMILES string of the molecule is CC(C)[Si](C#CC(=O)c1cccc(Cl)c1)(C(C)C)C(C)C. The van der Waals surface area contributed by atoms with Crippen molar-refractivity contribution < 1.29 is 4.79 Å². The van der Waals surface area contributed by atoms with Gasteiger partial charge >= 0.3 is 0 Å². The van der Waals surface area contributed by atoms with Crippen molar-refractivity contribution >= 4 is 25.5 Å². The maximum atomic E-state index is 12.3. The lowest BCUT2D eigenvalue weighted by Gasteiger charge is -2.37. The van der Waals surface area contributed by atoms with Crippen molar-refractivity contribution in [2.24, 2.45) is 0 Å². The molecule has 3 heteroatoms. The Bertz CT molecular complexity index is 542. The number of benzene rings is 1. The first-order valence-electron chi connectivity index (χ1n) is 7.54. The molecule has 0 unspecified atom stereocenters. The van der Waals surface area contributed by atoms with Gasteiger partial charge in [-0.1, -0.05) is 65.3 Å². The maximum absolute atomic E-state index is 12.3. The molecule has 0 heterocycles. The summed E-state index contributed by atoms with van der Waals surface area (Å²) in [6, 6.07) is 7.00. The number of hydrogen-bond acceptors (Lipinski definition) is 1. The molecule has 0 amide bonds. The Labute approximate surface area is 135 Å². The number of halogens is 1. The minimum atomic E-state index is -1.85. The van der Waals surface area contributed by atoms with Crippen LogP contribution in [0.5, 0.6) is 0 Å². The normalized spacial score (nSPS) is 11.7. The predicted octanol–water partition coefficient (Wildman–Crippen LogP) is 5.74. The van der Waals surface area contributed by atoms with Crippen molar-refractivity contribution in [1.29, 1.82) is 0 Å². The fourth-order valence-corrected chi connectivity index (χ4v) is 8.69. The maximum Gasteiger partial charge on any atom is 0.235 e. The van der Waals surface area contributed by atoms with Crippen molar-refractivity contribution in [2.75, 3.05) is 0 Å². The van der Waals surface area contributed by atoms with Crippen molar-refractivity contribution in [2.45, 2.75) is 58.2 Å². The summed E-state index contributed by atoms with van der Waals surface area (Å²) < 4.78 is 0. The van der Waals surface area contributed by atoms with Gasteiger partial charge in [0, 0.05) is 10.6 Å². The third kappa shape index (κ3) is 3.99. The number of carbonyl (C=O) groups is 1. The zero-order chi connectivity index (χ0) is 16.2. The molecule has 0 aliphatic heterocycles. The molecule has 0 aliphatic carbocycles. The molecule has 0 spiro atoms. The van der Waals surface area contributed by atoms with E-state index in [4.69, 9.17) is 11.6 Å². The lowest BCUT2D eigenvalue weighted by Crippen LogP contribution is -2.43. The second kappa shape index (κ2) is 7.29. The molecule has 0 saturated carbocycles.